The Morgan fingerprint density at radius 3 is 2.12 bits per heavy atom. The summed E-state index contributed by atoms with van der Waals surface area (Å²) in [5, 5.41) is 8.86. The fraction of sp³-hybridized carbons (Fsp3) is 0.300. The lowest BCUT2D eigenvalue weighted by Crippen LogP contribution is -2.32. The third-order valence-electron chi connectivity index (χ3n) is 3.70. The topological polar surface area (TPSA) is 70.2 Å². The highest BCUT2D eigenvalue weighted by Gasteiger charge is 2.09. The Bertz CT molecular complexity index is 697. The molecule has 0 aliphatic rings. The van der Waals surface area contributed by atoms with E-state index in [0.717, 1.165) is 11.3 Å². The largest absolute Gasteiger partial charge is 0.376 e. The molecule has 0 saturated heterocycles. The van der Waals surface area contributed by atoms with Crippen molar-refractivity contribution in [3.05, 3.63) is 65.7 Å². The van der Waals surface area contributed by atoms with Crippen LogP contribution in [-0.4, -0.2) is 24.4 Å². The summed E-state index contributed by atoms with van der Waals surface area (Å²) in [4.78, 5) is 24.0. The van der Waals surface area contributed by atoms with Crippen molar-refractivity contribution in [3.63, 3.8) is 0 Å². The van der Waals surface area contributed by atoms with Gasteiger partial charge in [0.25, 0.3) is 5.91 Å². The number of benzene rings is 2. The Hall–Kier alpha value is -2.82. The molecular formula is C20H25N3O2. The molecule has 2 rings (SSSR count). The Morgan fingerprint density at radius 1 is 0.880 bits per heavy atom. The first-order valence-electron chi connectivity index (χ1n) is 8.45. The SMILES string of the molecule is CC(C)NC(=O)c1ccc(NCC(=O)NC(C)c2ccccc2)cc1. The molecule has 1 atom stereocenters. The van der Waals surface area contributed by atoms with E-state index in [1.165, 1.54) is 0 Å². The Labute approximate surface area is 148 Å². The molecule has 0 aliphatic heterocycles. The number of hydrogen-bond donors (Lipinski definition) is 3. The van der Waals surface area contributed by atoms with Crippen LogP contribution in [0.5, 0.6) is 0 Å². The number of nitrogens with one attached hydrogen (secondary N) is 3. The molecule has 2 amide bonds. The second-order valence-electron chi connectivity index (χ2n) is 6.26. The lowest BCUT2D eigenvalue weighted by Gasteiger charge is -2.15. The summed E-state index contributed by atoms with van der Waals surface area (Å²) in [7, 11) is 0. The molecular weight excluding hydrogens is 314 g/mol. The first-order valence-corrected chi connectivity index (χ1v) is 8.45. The number of carbonyl (C=O) groups excluding carboxylic acids is 2. The maximum atomic E-state index is 12.1. The van der Waals surface area contributed by atoms with Crippen molar-refractivity contribution < 1.29 is 9.59 Å². The van der Waals surface area contributed by atoms with Crippen molar-refractivity contribution >= 4 is 17.5 Å². The summed E-state index contributed by atoms with van der Waals surface area (Å²) >= 11 is 0. The zero-order valence-corrected chi connectivity index (χ0v) is 14.9. The van der Waals surface area contributed by atoms with Gasteiger partial charge in [0.1, 0.15) is 0 Å². The molecule has 2 aromatic rings. The third-order valence-corrected chi connectivity index (χ3v) is 3.70. The van der Waals surface area contributed by atoms with E-state index in [-0.39, 0.29) is 30.4 Å². The van der Waals surface area contributed by atoms with Gasteiger partial charge in [-0.2, -0.15) is 0 Å². The Morgan fingerprint density at radius 2 is 1.52 bits per heavy atom. The summed E-state index contributed by atoms with van der Waals surface area (Å²) in [5.41, 5.74) is 2.46. The molecule has 0 fully saturated rings. The van der Waals surface area contributed by atoms with Gasteiger partial charge in [-0.1, -0.05) is 30.3 Å². The molecule has 132 valence electrons. The molecule has 0 saturated carbocycles. The second-order valence-corrected chi connectivity index (χ2v) is 6.26. The van der Waals surface area contributed by atoms with Crippen molar-refractivity contribution in [2.45, 2.75) is 32.9 Å². The van der Waals surface area contributed by atoms with E-state index in [9.17, 15) is 9.59 Å². The highest BCUT2D eigenvalue weighted by Crippen LogP contribution is 2.12. The highest BCUT2D eigenvalue weighted by molar-refractivity contribution is 5.94. The third kappa shape index (κ3) is 5.95. The lowest BCUT2D eigenvalue weighted by molar-refractivity contribution is -0.120. The van der Waals surface area contributed by atoms with Crippen LogP contribution in [0.15, 0.2) is 54.6 Å². The van der Waals surface area contributed by atoms with Crippen LogP contribution in [0, 0.1) is 0 Å². The average molecular weight is 339 g/mol. The monoisotopic (exact) mass is 339 g/mol. The van der Waals surface area contributed by atoms with Crippen LogP contribution in [-0.2, 0) is 4.79 Å². The molecule has 0 aromatic heterocycles. The highest BCUT2D eigenvalue weighted by atomic mass is 16.2. The summed E-state index contributed by atoms with van der Waals surface area (Å²) in [6.07, 6.45) is 0. The Kier molecular flexibility index (Phi) is 6.57. The van der Waals surface area contributed by atoms with Gasteiger partial charge >= 0.3 is 0 Å². The number of hydrogen-bond acceptors (Lipinski definition) is 3. The average Bonchev–Trinajstić information content (AvgIpc) is 2.60. The van der Waals surface area contributed by atoms with Crippen molar-refractivity contribution in [1.82, 2.24) is 10.6 Å². The molecule has 0 bridgehead atoms. The normalized spacial score (nSPS) is 11.7. The Balaban J connectivity index is 1.82. The van der Waals surface area contributed by atoms with Gasteiger partial charge in [-0.25, -0.2) is 0 Å². The van der Waals surface area contributed by atoms with Gasteiger partial charge in [0.2, 0.25) is 5.91 Å². The van der Waals surface area contributed by atoms with Crippen LogP contribution in [0.25, 0.3) is 0 Å². The fourth-order valence-electron chi connectivity index (χ4n) is 2.38. The number of carbonyl (C=O) groups is 2. The number of rotatable bonds is 7. The van der Waals surface area contributed by atoms with Crippen LogP contribution in [0.2, 0.25) is 0 Å². The van der Waals surface area contributed by atoms with E-state index in [1.807, 2.05) is 51.1 Å². The predicted octanol–water partition coefficient (Wildman–Crippen LogP) is 3.11. The summed E-state index contributed by atoms with van der Waals surface area (Å²) in [6.45, 7) is 5.97. The maximum Gasteiger partial charge on any atom is 0.251 e. The molecule has 0 spiro atoms. The molecule has 1 unspecified atom stereocenters. The lowest BCUT2D eigenvalue weighted by atomic mass is 10.1. The van der Waals surface area contributed by atoms with Crippen LogP contribution in [0.1, 0.15) is 42.7 Å². The van der Waals surface area contributed by atoms with Gasteiger partial charge in [-0.15, -0.1) is 0 Å². The summed E-state index contributed by atoms with van der Waals surface area (Å²) in [6, 6.07) is 16.9. The minimum Gasteiger partial charge on any atom is -0.376 e. The summed E-state index contributed by atoms with van der Waals surface area (Å²) in [5.74, 6) is -0.186. The number of anilines is 1. The number of amides is 2. The van der Waals surface area contributed by atoms with Gasteiger partial charge in [0.15, 0.2) is 0 Å². The van der Waals surface area contributed by atoms with Crippen LogP contribution >= 0.6 is 0 Å². The molecule has 2 aromatic carbocycles. The van der Waals surface area contributed by atoms with E-state index < -0.39 is 0 Å². The quantitative estimate of drug-likeness (QED) is 0.726. The minimum atomic E-state index is -0.101. The fourth-order valence-corrected chi connectivity index (χ4v) is 2.38. The van der Waals surface area contributed by atoms with Gasteiger partial charge in [0.05, 0.1) is 12.6 Å². The van der Waals surface area contributed by atoms with E-state index in [1.54, 1.807) is 24.3 Å². The standard InChI is InChI=1S/C20H25N3O2/c1-14(2)22-20(25)17-9-11-18(12-10-17)21-13-19(24)23-15(3)16-7-5-4-6-8-16/h4-12,14-15,21H,13H2,1-3H3,(H,22,25)(H,23,24). The maximum absolute atomic E-state index is 12.1. The van der Waals surface area contributed by atoms with Crippen molar-refractivity contribution in [2.75, 3.05) is 11.9 Å². The molecule has 5 heteroatoms. The second kappa shape index (κ2) is 8.87. The first kappa shape index (κ1) is 18.5. The minimum absolute atomic E-state index is 0.0439. The van der Waals surface area contributed by atoms with Crippen molar-refractivity contribution in [1.29, 1.82) is 0 Å². The van der Waals surface area contributed by atoms with Gasteiger partial charge in [-0.3, -0.25) is 9.59 Å². The van der Waals surface area contributed by atoms with Gasteiger partial charge in [0, 0.05) is 17.3 Å². The van der Waals surface area contributed by atoms with Gasteiger partial charge < -0.3 is 16.0 Å². The smallest absolute Gasteiger partial charge is 0.251 e. The molecule has 5 nitrogen and oxygen atoms in total. The predicted molar refractivity (Wildman–Crippen MR) is 101 cm³/mol. The van der Waals surface area contributed by atoms with Crippen molar-refractivity contribution in [2.24, 2.45) is 0 Å². The summed E-state index contributed by atoms with van der Waals surface area (Å²) < 4.78 is 0. The molecule has 0 aliphatic carbocycles. The van der Waals surface area contributed by atoms with Crippen LogP contribution < -0.4 is 16.0 Å². The van der Waals surface area contributed by atoms with Crippen LogP contribution in [0.3, 0.4) is 0 Å². The molecule has 3 N–H and O–H groups in total. The molecule has 0 radical (unpaired) electrons. The van der Waals surface area contributed by atoms with E-state index in [4.69, 9.17) is 0 Å². The van der Waals surface area contributed by atoms with E-state index in [2.05, 4.69) is 16.0 Å². The molecule has 25 heavy (non-hydrogen) atoms. The zero-order valence-electron chi connectivity index (χ0n) is 14.9. The van der Waals surface area contributed by atoms with E-state index in [0.29, 0.717) is 5.56 Å². The first-order chi connectivity index (χ1) is 12.0. The van der Waals surface area contributed by atoms with Crippen LogP contribution in [0.4, 0.5) is 5.69 Å². The van der Waals surface area contributed by atoms with E-state index >= 15 is 0 Å². The molecule has 0 heterocycles. The zero-order chi connectivity index (χ0) is 18.2. The van der Waals surface area contributed by atoms with Gasteiger partial charge in [-0.05, 0) is 50.6 Å². The van der Waals surface area contributed by atoms with Crippen molar-refractivity contribution in [3.8, 4) is 0 Å².